The van der Waals surface area contributed by atoms with Gasteiger partial charge in [-0.25, -0.2) is 0 Å². The third-order valence-corrected chi connectivity index (χ3v) is 6.27. The molecular formula is C23H24ClN3O. The van der Waals surface area contributed by atoms with E-state index in [9.17, 15) is 0 Å². The summed E-state index contributed by atoms with van der Waals surface area (Å²) in [6.07, 6.45) is 7.13. The fraction of sp³-hybridized carbons (Fsp3) is 0.348. The van der Waals surface area contributed by atoms with Crippen molar-refractivity contribution < 1.29 is 4.74 Å². The Labute approximate surface area is 170 Å². The number of aromatic nitrogens is 1. The van der Waals surface area contributed by atoms with Crippen LogP contribution in [-0.2, 0) is 6.54 Å². The van der Waals surface area contributed by atoms with Gasteiger partial charge in [-0.2, -0.15) is 0 Å². The minimum atomic E-state index is 0.567. The molecule has 0 N–H and O–H groups in total. The molecule has 0 radical (unpaired) electrons. The van der Waals surface area contributed by atoms with Crippen LogP contribution in [0.2, 0.25) is 5.02 Å². The molecule has 144 valence electrons. The highest BCUT2D eigenvalue weighted by Gasteiger charge is 2.32. The van der Waals surface area contributed by atoms with Gasteiger partial charge in [-0.15, -0.1) is 0 Å². The van der Waals surface area contributed by atoms with Crippen LogP contribution in [0.3, 0.4) is 0 Å². The van der Waals surface area contributed by atoms with Gasteiger partial charge >= 0.3 is 0 Å². The maximum Gasteiger partial charge on any atom is 0.145 e. The zero-order valence-electron chi connectivity index (χ0n) is 16.1. The van der Waals surface area contributed by atoms with Gasteiger partial charge in [0.2, 0.25) is 0 Å². The predicted molar refractivity (Wildman–Crippen MR) is 116 cm³/mol. The first-order valence-corrected chi connectivity index (χ1v) is 10.3. The van der Waals surface area contributed by atoms with Crippen LogP contribution in [0.1, 0.15) is 31.2 Å². The minimum Gasteiger partial charge on any atom is -0.494 e. The smallest absolute Gasteiger partial charge is 0.145 e. The third-order valence-electron chi connectivity index (χ3n) is 6.04. The van der Waals surface area contributed by atoms with Crippen LogP contribution in [0.15, 0.2) is 48.7 Å². The van der Waals surface area contributed by atoms with Crippen molar-refractivity contribution in [1.82, 2.24) is 4.98 Å². The molecule has 1 fully saturated rings. The van der Waals surface area contributed by atoms with E-state index < -0.39 is 0 Å². The van der Waals surface area contributed by atoms with Crippen LogP contribution in [-0.4, -0.2) is 24.8 Å². The summed E-state index contributed by atoms with van der Waals surface area (Å²) in [5.74, 6) is 0.837. The molecule has 4 nitrogen and oxygen atoms in total. The predicted octanol–water partition coefficient (Wildman–Crippen LogP) is 5.62. The van der Waals surface area contributed by atoms with Gasteiger partial charge in [0.25, 0.3) is 0 Å². The zero-order chi connectivity index (χ0) is 19.1. The van der Waals surface area contributed by atoms with E-state index in [4.69, 9.17) is 21.3 Å². The summed E-state index contributed by atoms with van der Waals surface area (Å²) in [5.41, 5.74) is 4.70. The molecule has 28 heavy (non-hydrogen) atoms. The quantitative estimate of drug-likeness (QED) is 0.577. The Morgan fingerprint density at radius 2 is 1.93 bits per heavy atom. The Hall–Kier alpha value is -2.46. The molecule has 5 rings (SSSR count). The third kappa shape index (κ3) is 2.96. The normalized spacial score (nSPS) is 17.2. The molecule has 0 spiro atoms. The van der Waals surface area contributed by atoms with Gasteiger partial charge in [0.1, 0.15) is 11.3 Å². The number of hydrogen-bond donors (Lipinski definition) is 0. The molecule has 0 saturated heterocycles. The molecule has 0 amide bonds. The average molecular weight is 394 g/mol. The minimum absolute atomic E-state index is 0.567. The van der Waals surface area contributed by atoms with Crippen LogP contribution in [0.25, 0.3) is 10.9 Å². The number of hydrogen-bond acceptors (Lipinski definition) is 4. The molecule has 1 aliphatic heterocycles. The topological polar surface area (TPSA) is 28.6 Å². The first-order chi connectivity index (χ1) is 13.7. The van der Waals surface area contributed by atoms with Crippen molar-refractivity contribution in [3.8, 4) is 5.75 Å². The molecule has 1 saturated carbocycles. The standard InChI is InChI=1S/C23H24ClN3O/c1-28-21-11-5-10-20-22(21)25-13-16-14-26(19-9-4-6-17(24)12-19)15-27(23(16)20)18-7-2-3-8-18/h4-6,9-13,18H,2-3,7-8,14-15H2,1H3. The fourth-order valence-corrected chi connectivity index (χ4v) is 4.90. The molecule has 3 aromatic rings. The van der Waals surface area contributed by atoms with Crippen molar-refractivity contribution in [3.63, 3.8) is 0 Å². The van der Waals surface area contributed by atoms with Crippen molar-refractivity contribution in [2.24, 2.45) is 0 Å². The summed E-state index contributed by atoms with van der Waals surface area (Å²) in [4.78, 5) is 9.76. The maximum absolute atomic E-state index is 6.27. The second kappa shape index (κ2) is 7.17. The number of para-hydroxylation sites is 1. The van der Waals surface area contributed by atoms with E-state index in [0.717, 1.165) is 35.2 Å². The molecule has 2 aromatic carbocycles. The lowest BCUT2D eigenvalue weighted by molar-refractivity contribution is 0.419. The second-order valence-corrected chi connectivity index (χ2v) is 8.15. The number of pyridine rings is 1. The van der Waals surface area contributed by atoms with Gasteiger partial charge in [0, 0.05) is 40.4 Å². The molecule has 5 heteroatoms. The number of ether oxygens (including phenoxy) is 1. The van der Waals surface area contributed by atoms with Crippen LogP contribution in [0.4, 0.5) is 11.4 Å². The number of halogens is 1. The van der Waals surface area contributed by atoms with Crippen molar-refractivity contribution in [2.75, 3.05) is 23.6 Å². The molecule has 1 aromatic heterocycles. The summed E-state index contributed by atoms with van der Waals surface area (Å²) >= 11 is 6.27. The van der Waals surface area contributed by atoms with Gasteiger partial charge in [0.05, 0.1) is 19.5 Å². The Kier molecular flexibility index (Phi) is 4.52. The maximum atomic E-state index is 6.27. The molecule has 1 aliphatic carbocycles. The number of fused-ring (bicyclic) bond motifs is 3. The van der Waals surface area contributed by atoms with E-state index >= 15 is 0 Å². The largest absolute Gasteiger partial charge is 0.494 e. The van der Waals surface area contributed by atoms with E-state index in [1.54, 1.807) is 7.11 Å². The van der Waals surface area contributed by atoms with Gasteiger partial charge in [-0.05, 0) is 37.1 Å². The van der Waals surface area contributed by atoms with Gasteiger partial charge < -0.3 is 14.5 Å². The van der Waals surface area contributed by atoms with Crippen LogP contribution in [0, 0.1) is 0 Å². The molecule has 2 heterocycles. The summed E-state index contributed by atoms with van der Waals surface area (Å²) in [6.45, 7) is 1.70. The van der Waals surface area contributed by atoms with E-state index in [-0.39, 0.29) is 0 Å². The monoisotopic (exact) mass is 393 g/mol. The molecule has 2 aliphatic rings. The summed E-state index contributed by atoms with van der Waals surface area (Å²) < 4.78 is 5.58. The van der Waals surface area contributed by atoms with E-state index in [0.29, 0.717) is 6.04 Å². The van der Waals surface area contributed by atoms with Crippen LogP contribution in [0.5, 0.6) is 5.75 Å². The Morgan fingerprint density at radius 3 is 2.71 bits per heavy atom. The highest BCUT2D eigenvalue weighted by atomic mass is 35.5. The number of rotatable bonds is 3. The first-order valence-electron chi connectivity index (χ1n) is 9.96. The van der Waals surface area contributed by atoms with E-state index in [1.165, 1.54) is 42.3 Å². The molecule has 0 atom stereocenters. The van der Waals surface area contributed by atoms with Gasteiger partial charge in [-0.3, -0.25) is 4.98 Å². The van der Waals surface area contributed by atoms with Crippen molar-refractivity contribution >= 4 is 33.9 Å². The van der Waals surface area contributed by atoms with Gasteiger partial charge in [-0.1, -0.05) is 42.6 Å². The first kappa shape index (κ1) is 17.6. The highest BCUT2D eigenvalue weighted by Crippen LogP contribution is 2.41. The SMILES string of the molecule is COc1cccc2c3c(cnc12)CN(c1cccc(Cl)c1)CN3C1CCCC1. The Bertz CT molecular complexity index is 1020. The van der Waals surface area contributed by atoms with Crippen LogP contribution >= 0.6 is 11.6 Å². The number of methoxy groups -OCH3 is 1. The number of nitrogens with zero attached hydrogens (tertiary/aromatic N) is 3. The van der Waals surface area contributed by atoms with Gasteiger partial charge in [0.15, 0.2) is 0 Å². The zero-order valence-corrected chi connectivity index (χ0v) is 16.8. The summed E-state index contributed by atoms with van der Waals surface area (Å²) in [6, 6.07) is 15.0. The molecule has 0 unspecified atom stereocenters. The second-order valence-electron chi connectivity index (χ2n) is 7.72. The average Bonchev–Trinajstić information content (AvgIpc) is 3.27. The van der Waals surface area contributed by atoms with E-state index in [2.05, 4.69) is 34.1 Å². The highest BCUT2D eigenvalue weighted by molar-refractivity contribution is 6.30. The summed E-state index contributed by atoms with van der Waals surface area (Å²) in [5, 5.41) is 1.96. The van der Waals surface area contributed by atoms with Crippen molar-refractivity contribution in [2.45, 2.75) is 38.3 Å². The molecule has 0 bridgehead atoms. The number of anilines is 2. The Morgan fingerprint density at radius 1 is 1.11 bits per heavy atom. The Balaban J connectivity index is 1.65. The number of benzene rings is 2. The molecular weight excluding hydrogens is 370 g/mol. The lowest BCUT2D eigenvalue weighted by atomic mass is 10.0. The van der Waals surface area contributed by atoms with Crippen molar-refractivity contribution in [3.05, 3.63) is 59.2 Å². The fourth-order valence-electron chi connectivity index (χ4n) is 4.71. The van der Waals surface area contributed by atoms with E-state index in [1.807, 2.05) is 24.4 Å². The van der Waals surface area contributed by atoms with Crippen molar-refractivity contribution in [1.29, 1.82) is 0 Å². The lowest BCUT2D eigenvalue weighted by Gasteiger charge is -2.43. The summed E-state index contributed by atoms with van der Waals surface area (Å²) in [7, 11) is 1.71. The van der Waals surface area contributed by atoms with Crippen LogP contribution < -0.4 is 14.5 Å². The lowest BCUT2D eigenvalue weighted by Crippen LogP contribution is -2.47.